The molecule has 0 spiro atoms. The van der Waals surface area contributed by atoms with Gasteiger partial charge in [0.25, 0.3) is 5.56 Å². The number of anilines is 1. The number of carboxylic acids is 1. The number of rotatable bonds is 4. The summed E-state index contributed by atoms with van der Waals surface area (Å²) in [5.74, 6) is -1.36. The van der Waals surface area contributed by atoms with E-state index in [4.69, 9.17) is 9.84 Å². The van der Waals surface area contributed by atoms with Gasteiger partial charge in [0.2, 0.25) is 0 Å². The van der Waals surface area contributed by atoms with Crippen molar-refractivity contribution in [3.63, 3.8) is 0 Å². The summed E-state index contributed by atoms with van der Waals surface area (Å²) < 4.78 is 6.81. The molecule has 1 aliphatic carbocycles. The number of ether oxygens (including phenoxy) is 1. The molecule has 2 heterocycles. The maximum absolute atomic E-state index is 12.2. The van der Waals surface area contributed by atoms with Crippen molar-refractivity contribution in [1.82, 2.24) is 9.55 Å². The average molecular weight is 265 g/mol. The second-order valence-corrected chi connectivity index (χ2v) is 4.95. The third kappa shape index (κ3) is 2.33. The van der Waals surface area contributed by atoms with E-state index < -0.39 is 17.9 Å². The van der Waals surface area contributed by atoms with Crippen molar-refractivity contribution < 1.29 is 14.6 Å². The van der Waals surface area contributed by atoms with Gasteiger partial charge in [-0.05, 0) is 12.8 Å². The van der Waals surface area contributed by atoms with E-state index in [0.29, 0.717) is 0 Å². The first-order valence-corrected chi connectivity index (χ1v) is 6.31. The Kier molecular flexibility index (Phi) is 2.98. The summed E-state index contributed by atoms with van der Waals surface area (Å²) in [5.41, 5.74) is -0.193. The van der Waals surface area contributed by atoms with Crippen LogP contribution in [-0.2, 0) is 9.53 Å². The smallest absolute Gasteiger partial charge is 0.311 e. The zero-order valence-corrected chi connectivity index (χ0v) is 10.3. The van der Waals surface area contributed by atoms with Crippen LogP contribution in [0.1, 0.15) is 18.9 Å². The van der Waals surface area contributed by atoms with Crippen LogP contribution in [0.5, 0.6) is 0 Å². The second-order valence-electron chi connectivity index (χ2n) is 4.95. The third-order valence-corrected chi connectivity index (χ3v) is 3.53. The van der Waals surface area contributed by atoms with Crippen LogP contribution >= 0.6 is 0 Å². The third-order valence-electron chi connectivity index (χ3n) is 3.53. The van der Waals surface area contributed by atoms with Crippen molar-refractivity contribution >= 4 is 11.8 Å². The molecule has 102 valence electrons. The molecule has 1 saturated heterocycles. The number of carboxylic acid groups (broad SMARTS) is 1. The molecule has 2 atom stereocenters. The zero-order chi connectivity index (χ0) is 13.4. The molecule has 1 aliphatic heterocycles. The number of hydrogen-bond donors (Lipinski definition) is 2. The van der Waals surface area contributed by atoms with Gasteiger partial charge in [0.15, 0.2) is 5.82 Å². The maximum Gasteiger partial charge on any atom is 0.311 e. The minimum Gasteiger partial charge on any atom is -0.481 e. The van der Waals surface area contributed by atoms with E-state index in [0.717, 1.165) is 12.8 Å². The van der Waals surface area contributed by atoms with Crippen molar-refractivity contribution in [2.24, 2.45) is 5.92 Å². The Morgan fingerprint density at radius 3 is 2.95 bits per heavy atom. The molecule has 2 fully saturated rings. The van der Waals surface area contributed by atoms with Gasteiger partial charge in [-0.1, -0.05) is 0 Å². The van der Waals surface area contributed by atoms with Crippen LogP contribution in [0.3, 0.4) is 0 Å². The van der Waals surface area contributed by atoms with Crippen LogP contribution in [0.4, 0.5) is 5.82 Å². The minimum atomic E-state index is -0.923. The number of carbonyl (C=O) groups is 1. The lowest BCUT2D eigenvalue weighted by Crippen LogP contribution is -2.36. The highest BCUT2D eigenvalue weighted by atomic mass is 16.5. The van der Waals surface area contributed by atoms with Crippen molar-refractivity contribution in [1.29, 1.82) is 0 Å². The van der Waals surface area contributed by atoms with Crippen LogP contribution in [0.25, 0.3) is 0 Å². The van der Waals surface area contributed by atoms with Crippen molar-refractivity contribution in [2.75, 3.05) is 18.5 Å². The number of aromatic nitrogens is 2. The Morgan fingerprint density at radius 2 is 2.26 bits per heavy atom. The Morgan fingerprint density at radius 1 is 1.47 bits per heavy atom. The van der Waals surface area contributed by atoms with Gasteiger partial charge in [-0.25, -0.2) is 4.98 Å². The highest BCUT2D eigenvalue weighted by molar-refractivity contribution is 5.72. The first kappa shape index (κ1) is 12.2. The number of nitrogens with one attached hydrogen (secondary N) is 1. The lowest BCUT2D eigenvalue weighted by Gasteiger charge is -2.16. The average Bonchev–Trinajstić information content (AvgIpc) is 3.11. The molecule has 2 unspecified atom stereocenters. The lowest BCUT2D eigenvalue weighted by molar-refractivity contribution is -0.141. The summed E-state index contributed by atoms with van der Waals surface area (Å²) in [6.07, 6.45) is 5.25. The first-order chi connectivity index (χ1) is 9.16. The minimum absolute atomic E-state index is 0.163. The second kappa shape index (κ2) is 4.65. The van der Waals surface area contributed by atoms with Crippen LogP contribution in [0.15, 0.2) is 17.2 Å². The zero-order valence-electron chi connectivity index (χ0n) is 10.3. The molecular formula is C12H15N3O4. The van der Waals surface area contributed by atoms with Crippen molar-refractivity contribution in [3.05, 3.63) is 22.7 Å². The standard InChI is InChI=1S/C12H15N3O4/c16-11-10(13-3-4-15(11)7-1-2-7)14-9-6-19-5-8(9)12(17)18/h3-4,7-9H,1-2,5-6H2,(H,13,14)(H,17,18). The van der Waals surface area contributed by atoms with Gasteiger partial charge in [0.1, 0.15) is 5.92 Å². The van der Waals surface area contributed by atoms with Gasteiger partial charge in [-0.2, -0.15) is 0 Å². The molecule has 0 aromatic carbocycles. The van der Waals surface area contributed by atoms with E-state index in [-0.39, 0.29) is 30.6 Å². The summed E-state index contributed by atoms with van der Waals surface area (Å²) >= 11 is 0. The summed E-state index contributed by atoms with van der Waals surface area (Å²) in [5, 5.41) is 12.0. The molecule has 2 aliphatic rings. The van der Waals surface area contributed by atoms with E-state index >= 15 is 0 Å². The van der Waals surface area contributed by atoms with Gasteiger partial charge in [-0.15, -0.1) is 0 Å². The fourth-order valence-corrected chi connectivity index (χ4v) is 2.28. The van der Waals surface area contributed by atoms with Crippen LogP contribution in [0, 0.1) is 5.92 Å². The predicted molar refractivity (Wildman–Crippen MR) is 66.1 cm³/mol. The Bertz CT molecular complexity index is 552. The van der Waals surface area contributed by atoms with E-state index in [1.165, 1.54) is 0 Å². The van der Waals surface area contributed by atoms with E-state index in [1.54, 1.807) is 17.0 Å². The van der Waals surface area contributed by atoms with E-state index in [1.807, 2.05) is 0 Å². The SMILES string of the molecule is O=C(O)C1COCC1Nc1nccn(C2CC2)c1=O. The molecule has 7 heteroatoms. The normalized spacial score (nSPS) is 26.3. The largest absolute Gasteiger partial charge is 0.481 e. The Hall–Kier alpha value is -1.89. The highest BCUT2D eigenvalue weighted by Crippen LogP contribution is 2.33. The van der Waals surface area contributed by atoms with Gasteiger partial charge in [0, 0.05) is 18.4 Å². The van der Waals surface area contributed by atoms with E-state index in [9.17, 15) is 9.59 Å². The molecule has 0 amide bonds. The summed E-state index contributed by atoms with van der Waals surface area (Å²) in [6.45, 7) is 0.438. The van der Waals surface area contributed by atoms with Gasteiger partial charge >= 0.3 is 5.97 Å². The molecule has 1 aromatic rings. The fourth-order valence-electron chi connectivity index (χ4n) is 2.28. The lowest BCUT2D eigenvalue weighted by atomic mass is 10.0. The molecule has 0 bridgehead atoms. The molecular weight excluding hydrogens is 250 g/mol. The Labute approximate surface area is 109 Å². The molecule has 2 N–H and O–H groups in total. The van der Waals surface area contributed by atoms with Crippen molar-refractivity contribution in [2.45, 2.75) is 24.9 Å². The fraction of sp³-hybridized carbons (Fsp3) is 0.583. The summed E-state index contributed by atoms with van der Waals surface area (Å²) in [6, 6.07) is -0.140. The highest BCUT2D eigenvalue weighted by Gasteiger charge is 2.35. The van der Waals surface area contributed by atoms with Gasteiger partial charge in [0.05, 0.1) is 19.3 Å². The van der Waals surface area contributed by atoms with Crippen LogP contribution in [-0.4, -0.2) is 39.9 Å². The number of aliphatic carboxylic acids is 1. The summed E-state index contributed by atoms with van der Waals surface area (Å²) in [7, 11) is 0. The quantitative estimate of drug-likeness (QED) is 0.801. The number of hydrogen-bond acceptors (Lipinski definition) is 5. The Balaban J connectivity index is 1.81. The monoisotopic (exact) mass is 265 g/mol. The molecule has 1 saturated carbocycles. The van der Waals surface area contributed by atoms with Gasteiger partial charge < -0.3 is 19.7 Å². The molecule has 3 rings (SSSR count). The summed E-state index contributed by atoms with van der Waals surface area (Å²) in [4.78, 5) is 27.2. The van der Waals surface area contributed by atoms with Crippen LogP contribution < -0.4 is 10.9 Å². The maximum atomic E-state index is 12.2. The van der Waals surface area contributed by atoms with E-state index in [2.05, 4.69) is 10.3 Å². The topological polar surface area (TPSA) is 93.4 Å². The number of nitrogens with zero attached hydrogens (tertiary/aromatic N) is 2. The first-order valence-electron chi connectivity index (χ1n) is 6.31. The van der Waals surface area contributed by atoms with Crippen LogP contribution in [0.2, 0.25) is 0 Å². The molecule has 0 radical (unpaired) electrons. The van der Waals surface area contributed by atoms with Gasteiger partial charge in [-0.3, -0.25) is 9.59 Å². The molecule has 19 heavy (non-hydrogen) atoms. The van der Waals surface area contributed by atoms with Crippen molar-refractivity contribution in [3.8, 4) is 0 Å². The molecule has 1 aromatic heterocycles. The molecule has 7 nitrogen and oxygen atoms in total. The predicted octanol–water partition coefficient (Wildman–Crippen LogP) is 0.0897.